The van der Waals surface area contributed by atoms with Crippen LogP contribution >= 0.6 is 0 Å². The standard InChI is InChI=1S/C14H25N3O/c1-2-9-17-10-8-16-14(17)12-15-7-6-13-5-3-4-11-18-13/h8,10,13,15H,2-7,9,11-12H2,1H3. The highest BCUT2D eigenvalue weighted by Crippen LogP contribution is 2.14. The number of hydrogen-bond acceptors (Lipinski definition) is 3. The molecule has 1 unspecified atom stereocenters. The van der Waals surface area contributed by atoms with Crippen molar-refractivity contribution in [1.82, 2.24) is 14.9 Å². The number of nitrogens with one attached hydrogen (secondary N) is 1. The van der Waals surface area contributed by atoms with Crippen LogP contribution in [0.2, 0.25) is 0 Å². The van der Waals surface area contributed by atoms with Crippen molar-refractivity contribution in [3.05, 3.63) is 18.2 Å². The first-order valence-electron chi connectivity index (χ1n) is 7.22. The van der Waals surface area contributed by atoms with Crippen LogP contribution in [0.15, 0.2) is 12.4 Å². The van der Waals surface area contributed by atoms with Gasteiger partial charge in [0.05, 0.1) is 12.6 Å². The Balaban J connectivity index is 1.63. The largest absolute Gasteiger partial charge is 0.378 e. The van der Waals surface area contributed by atoms with Crippen LogP contribution in [0.25, 0.3) is 0 Å². The Morgan fingerprint density at radius 1 is 1.50 bits per heavy atom. The van der Waals surface area contributed by atoms with Crippen LogP contribution in [0.3, 0.4) is 0 Å². The minimum absolute atomic E-state index is 0.474. The summed E-state index contributed by atoms with van der Waals surface area (Å²) in [5.41, 5.74) is 0. The zero-order valence-corrected chi connectivity index (χ0v) is 11.4. The zero-order valence-electron chi connectivity index (χ0n) is 11.4. The number of aromatic nitrogens is 2. The molecule has 1 atom stereocenters. The lowest BCUT2D eigenvalue weighted by atomic mass is 10.1. The van der Waals surface area contributed by atoms with Crippen LogP contribution in [0, 0.1) is 0 Å². The van der Waals surface area contributed by atoms with E-state index in [1.54, 1.807) is 0 Å². The summed E-state index contributed by atoms with van der Waals surface area (Å²) in [4.78, 5) is 4.39. The van der Waals surface area contributed by atoms with Gasteiger partial charge in [-0.15, -0.1) is 0 Å². The molecule has 1 N–H and O–H groups in total. The van der Waals surface area contributed by atoms with Crippen molar-refractivity contribution in [1.29, 1.82) is 0 Å². The molecule has 0 bridgehead atoms. The topological polar surface area (TPSA) is 39.1 Å². The van der Waals surface area contributed by atoms with E-state index >= 15 is 0 Å². The highest BCUT2D eigenvalue weighted by atomic mass is 16.5. The van der Waals surface area contributed by atoms with Gasteiger partial charge in [0, 0.05) is 25.5 Å². The highest BCUT2D eigenvalue weighted by Gasteiger charge is 2.12. The van der Waals surface area contributed by atoms with Gasteiger partial charge in [0.1, 0.15) is 5.82 Å². The summed E-state index contributed by atoms with van der Waals surface area (Å²) >= 11 is 0. The van der Waals surface area contributed by atoms with Crippen LogP contribution in [-0.4, -0.2) is 28.8 Å². The highest BCUT2D eigenvalue weighted by molar-refractivity contribution is 4.91. The van der Waals surface area contributed by atoms with Gasteiger partial charge in [-0.1, -0.05) is 6.92 Å². The van der Waals surface area contributed by atoms with E-state index in [-0.39, 0.29) is 0 Å². The quantitative estimate of drug-likeness (QED) is 0.756. The van der Waals surface area contributed by atoms with Crippen LogP contribution in [0.4, 0.5) is 0 Å². The average molecular weight is 251 g/mol. The van der Waals surface area contributed by atoms with Crippen molar-refractivity contribution in [2.75, 3.05) is 13.2 Å². The molecule has 0 spiro atoms. The zero-order chi connectivity index (χ0) is 12.6. The molecule has 2 rings (SSSR count). The second kappa shape index (κ2) is 7.54. The first-order valence-corrected chi connectivity index (χ1v) is 7.22. The molecule has 1 saturated heterocycles. The first-order chi connectivity index (χ1) is 8.90. The van der Waals surface area contributed by atoms with E-state index < -0.39 is 0 Å². The lowest BCUT2D eigenvalue weighted by molar-refractivity contribution is 0.0115. The molecular formula is C14H25N3O. The van der Waals surface area contributed by atoms with E-state index in [0.29, 0.717) is 6.10 Å². The molecule has 1 aromatic heterocycles. The van der Waals surface area contributed by atoms with Gasteiger partial charge in [0.2, 0.25) is 0 Å². The van der Waals surface area contributed by atoms with Crippen LogP contribution in [-0.2, 0) is 17.8 Å². The van der Waals surface area contributed by atoms with E-state index in [1.807, 2.05) is 6.20 Å². The summed E-state index contributed by atoms with van der Waals surface area (Å²) in [7, 11) is 0. The van der Waals surface area contributed by atoms with Crippen molar-refractivity contribution in [2.45, 2.75) is 58.2 Å². The summed E-state index contributed by atoms with van der Waals surface area (Å²) in [6.07, 6.45) is 10.5. The number of hydrogen-bond donors (Lipinski definition) is 1. The summed E-state index contributed by atoms with van der Waals surface area (Å²) < 4.78 is 7.94. The van der Waals surface area contributed by atoms with E-state index in [1.165, 1.54) is 19.3 Å². The monoisotopic (exact) mass is 251 g/mol. The fraction of sp³-hybridized carbons (Fsp3) is 0.786. The van der Waals surface area contributed by atoms with Gasteiger partial charge >= 0.3 is 0 Å². The molecule has 2 heterocycles. The fourth-order valence-electron chi connectivity index (χ4n) is 2.45. The van der Waals surface area contributed by atoms with Crippen LogP contribution in [0.1, 0.15) is 44.9 Å². The Morgan fingerprint density at radius 3 is 3.22 bits per heavy atom. The van der Waals surface area contributed by atoms with Gasteiger partial charge in [-0.25, -0.2) is 4.98 Å². The van der Waals surface area contributed by atoms with E-state index in [9.17, 15) is 0 Å². The molecule has 1 aliphatic rings. The van der Waals surface area contributed by atoms with Crippen LogP contribution in [0.5, 0.6) is 0 Å². The Labute approximate surface area is 110 Å². The summed E-state index contributed by atoms with van der Waals surface area (Å²) in [5.74, 6) is 1.14. The second-order valence-corrected chi connectivity index (χ2v) is 4.99. The summed E-state index contributed by atoms with van der Waals surface area (Å²) in [6.45, 7) is 6.08. The SMILES string of the molecule is CCCn1ccnc1CNCCC1CCCCO1. The van der Waals surface area contributed by atoms with Crippen molar-refractivity contribution in [3.63, 3.8) is 0 Å². The third-order valence-corrected chi connectivity index (χ3v) is 3.47. The van der Waals surface area contributed by atoms with E-state index in [4.69, 9.17) is 4.74 Å². The molecule has 0 amide bonds. The lowest BCUT2D eigenvalue weighted by Gasteiger charge is -2.22. The molecule has 102 valence electrons. The predicted molar refractivity (Wildman–Crippen MR) is 72.4 cm³/mol. The Morgan fingerprint density at radius 2 is 2.44 bits per heavy atom. The van der Waals surface area contributed by atoms with Gasteiger partial charge < -0.3 is 14.6 Å². The normalized spacial score (nSPS) is 20.2. The van der Waals surface area contributed by atoms with Crippen molar-refractivity contribution >= 4 is 0 Å². The average Bonchev–Trinajstić information content (AvgIpc) is 2.84. The lowest BCUT2D eigenvalue weighted by Crippen LogP contribution is -2.26. The molecule has 1 aromatic rings. The Hall–Kier alpha value is -0.870. The van der Waals surface area contributed by atoms with Gasteiger partial charge in [0.15, 0.2) is 0 Å². The first kappa shape index (κ1) is 13.6. The number of ether oxygens (including phenoxy) is 1. The fourth-order valence-corrected chi connectivity index (χ4v) is 2.45. The summed E-state index contributed by atoms with van der Waals surface area (Å²) in [5, 5.41) is 3.47. The van der Waals surface area contributed by atoms with Gasteiger partial charge in [0.25, 0.3) is 0 Å². The molecule has 0 saturated carbocycles. The molecule has 4 nitrogen and oxygen atoms in total. The maximum Gasteiger partial charge on any atom is 0.122 e. The second-order valence-electron chi connectivity index (χ2n) is 4.99. The maximum absolute atomic E-state index is 5.72. The minimum Gasteiger partial charge on any atom is -0.378 e. The molecular weight excluding hydrogens is 226 g/mol. The minimum atomic E-state index is 0.474. The Bertz CT molecular complexity index is 332. The van der Waals surface area contributed by atoms with Gasteiger partial charge in [-0.3, -0.25) is 0 Å². The number of imidazole rings is 1. The smallest absolute Gasteiger partial charge is 0.122 e. The van der Waals surface area contributed by atoms with Crippen LogP contribution < -0.4 is 5.32 Å². The third kappa shape index (κ3) is 4.10. The predicted octanol–water partition coefficient (Wildman–Crippen LogP) is 2.34. The maximum atomic E-state index is 5.72. The van der Waals surface area contributed by atoms with Crippen molar-refractivity contribution < 1.29 is 4.74 Å². The van der Waals surface area contributed by atoms with Crippen molar-refractivity contribution in [3.8, 4) is 0 Å². The number of nitrogens with zero attached hydrogens (tertiary/aromatic N) is 2. The molecule has 0 radical (unpaired) electrons. The molecule has 1 fully saturated rings. The molecule has 4 heteroatoms. The molecule has 0 aliphatic carbocycles. The molecule has 1 aliphatic heterocycles. The number of aryl methyl sites for hydroxylation is 1. The molecule has 18 heavy (non-hydrogen) atoms. The third-order valence-electron chi connectivity index (χ3n) is 3.47. The molecule has 0 aromatic carbocycles. The summed E-state index contributed by atoms with van der Waals surface area (Å²) in [6, 6.07) is 0. The van der Waals surface area contributed by atoms with E-state index in [0.717, 1.165) is 44.9 Å². The van der Waals surface area contributed by atoms with E-state index in [2.05, 4.69) is 28.0 Å². The van der Waals surface area contributed by atoms with Gasteiger partial charge in [-0.05, 0) is 38.6 Å². The van der Waals surface area contributed by atoms with Crippen molar-refractivity contribution in [2.24, 2.45) is 0 Å². The van der Waals surface area contributed by atoms with Gasteiger partial charge in [-0.2, -0.15) is 0 Å². The number of rotatable bonds is 7. The Kier molecular flexibility index (Phi) is 5.68.